The minimum atomic E-state index is -1.04. The predicted octanol–water partition coefficient (Wildman–Crippen LogP) is 1.83. The molecule has 1 aromatic carbocycles. The normalized spacial score (nSPS) is 20.8. The topological polar surface area (TPSA) is 55.8 Å². The van der Waals surface area contributed by atoms with Crippen LogP contribution in [0, 0.1) is 0 Å². The van der Waals surface area contributed by atoms with Gasteiger partial charge in [-0.2, -0.15) is 0 Å². The van der Waals surface area contributed by atoms with Gasteiger partial charge in [-0.3, -0.25) is 0 Å². The second kappa shape index (κ2) is 4.77. The largest absolute Gasteiger partial charge is 0.497 e. The molecule has 0 saturated heterocycles. The average molecular weight is 255 g/mol. The SMILES string of the molecule is COC1=CC(=O)OC1[C@@H](O)c1ccccc1Cl. The Bertz CT molecular complexity index is 469. The molecule has 2 atom stereocenters. The summed E-state index contributed by atoms with van der Waals surface area (Å²) < 4.78 is 9.96. The van der Waals surface area contributed by atoms with Gasteiger partial charge in [0.05, 0.1) is 13.2 Å². The third-order valence-electron chi connectivity index (χ3n) is 2.53. The summed E-state index contributed by atoms with van der Waals surface area (Å²) in [6.07, 6.45) is -0.668. The van der Waals surface area contributed by atoms with Crippen molar-refractivity contribution < 1.29 is 19.4 Å². The highest BCUT2D eigenvalue weighted by molar-refractivity contribution is 6.31. The fourth-order valence-electron chi connectivity index (χ4n) is 1.69. The first kappa shape index (κ1) is 12.0. The molecule has 0 saturated carbocycles. The van der Waals surface area contributed by atoms with Gasteiger partial charge in [0, 0.05) is 10.6 Å². The van der Waals surface area contributed by atoms with Crippen LogP contribution in [0.25, 0.3) is 0 Å². The number of hydrogen-bond acceptors (Lipinski definition) is 4. The summed E-state index contributed by atoms with van der Waals surface area (Å²) in [7, 11) is 1.42. The van der Waals surface area contributed by atoms with E-state index in [9.17, 15) is 9.90 Å². The van der Waals surface area contributed by atoms with Gasteiger partial charge in [0.25, 0.3) is 0 Å². The molecule has 0 bridgehead atoms. The molecule has 1 unspecified atom stereocenters. The van der Waals surface area contributed by atoms with Gasteiger partial charge >= 0.3 is 5.97 Å². The molecule has 90 valence electrons. The molecule has 2 rings (SSSR count). The quantitative estimate of drug-likeness (QED) is 0.836. The number of carbonyl (C=O) groups is 1. The molecule has 1 aromatic rings. The highest BCUT2D eigenvalue weighted by atomic mass is 35.5. The van der Waals surface area contributed by atoms with E-state index in [0.29, 0.717) is 16.3 Å². The molecular weight excluding hydrogens is 244 g/mol. The van der Waals surface area contributed by atoms with Crippen LogP contribution in [-0.4, -0.2) is 24.3 Å². The van der Waals surface area contributed by atoms with E-state index >= 15 is 0 Å². The van der Waals surface area contributed by atoms with Gasteiger partial charge in [-0.15, -0.1) is 0 Å². The van der Waals surface area contributed by atoms with Crippen LogP contribution in [0.5, 0.6) is 0 Å². The van der Waals surface area contributed by atoms with E-state index in [-0.39, 0.29) is 0 Å². The monoisotopic (exact) mass is 254 g/mol. The summed E-state index contributed by atoms with van der Waals surface area (Å²) in [5.74, 6) is -0.236. The van der Waals surface area contributed by atoms with Crippen molar-refractivity contribution in [2.45, 2.75) is 12.2 Å². The Kier molecular flexibility index (Phi) is 3.36. The number of rotatable bonds is 3. The lowest BCUT2D eigenvalue weighted by Gasteiger charge is -2.20. The van der Waals surface area contributed by atoms with Crippen molar-refractivity contribution in [3.63, 3.8) is 0 Å². The van der Waals surface area contributed by atoms with Crippen LogP contribution in [0.2, 0.25) is 5.02 Å². The molecule has 0 aromatic heterocycles. The Balaban J connectivity index is 2.27. The average Bonchev–Trinajstić information content (AvgIpc) is 2.70. The zero-order valence-corrected chi connectivity index (χ0v) is 9.85. The molecule has 0 spiro atoms. The molecule has 4 nitrogen and oxygen atoms in total. The van der Waals surface area contributed by atoms with E-state index in [2.05, 4.69) is 0 Å². The maximum atomic E-state index is 11.1. The second-order valence-electron chi connectivity index (χ2n) is 3.57. The first-order valence-corrected chi connectivity index (χ1v) is 5.40. The zero-order valence-electron chi connectivity index (χ0n) is 9.09. The number of benzene rings is 1. The Morgan fingerprint density at radius 1 is 1.47 bits per heavy atom. The Labute approximate surface area is 103 Å². The molecule has 0 amide bonds. The molecular formula is C12H11ClO4. The van der Waals surface area contributed by atoms with E-state index in [4.69, 9.17) is 21.1 Å². The molecule has 0 fully saturated rings. The van der Waals surface area contributed by atoms with Crippen molar-refractivity contribution in [2.75, 3.05) is 7.11 Å². The van der Waals surface area contributed by atoms with E-state index in [1.807, 2.05) is 0 Å². The van der Waals surface area contributed by atoms with Gasteiger partial charge < -0.3 is 14.6 Å². The number of aliphatic hydroxyl groups excluding tert-OH is 1. The molecule has 17 heavy (non-hydrogen) atoms. The number of ether oxygens (including phenoxy) is 2. The van der Waals surface area contributed by atoms with Crippen molar-refractivity contribution in [1.82, 2.24) is 0 Å². The van der Waals surface area contributed by atoms with Crippen LogP contribution < -0.4 is 0 Å². The summed E-state index contributed by atoms with van der Waals surface area (Å²) >= 11 is 5.96. The van der Waals surface area contributed by atoms with Gasteiger partial charge in [-0.25, -0.2) is 4.79 Å². The van der Waals surface area contributed by atoms with Gasteiger partial charge in [0.2, 0.25) is 0 Å². The van der Waals surface area contributed by atoms with Crippen LogP contribution in [-0.2, 0) is 14.3 Å². The van der Waals surface area contributed by atoms with Crippen LogP contribution >= 0.6 is 11.6 Å². The highest BCUT2D eigenvalue weighted by Gasteiger charge is 2.35. The third-order valence-corrected chi connectivity index (χ3v) is 2.87. The van der Waals surface area contributed by atoms with Gasteiger partial charge in [-0.1, -0.05) is 29.8 Å². The van der Waals surface area contributed by atoms with Crippen LogP contribution in [0.3, 0.4) is 0 Å². The maximum absolute atomic E-state index is 11.1. The molecule has 5 heteroatoms. The number of halogens is 1. The molecule has 0 radical (unpaired) electrons. The number of methoxy groups -OCH3 is 1. The number of hydrogen-bond donors (Lipinski definition) is 1. The number of aliphatic hydroxyl groups is 1. The Morgan fingerprint density at radius 3 is 2.82 bits per heavy atom. The first-order valence-electron chi connectivity index (χ1n) is 5.02. The van der Waals surface area contributed by atoms with E-state index in [1.165, 1.54) is 13.2 Å². The van der Waals surface area contributed by atoms with Gasteiger partial charge in [0.15, 0.2) is 6.10 Å². The molecule has 1 aliphatic heterocycles. The number of cyclic esters (lactones) is 1. The fourth-order valence-corrected chi connectivity index (χ4v) is 1.94. The lowest BCUT2D eigenvalue weighted by Crippen LogP contribution is -2.22. The Morgan fingerprint density at radius 2 is 2.18 bits per heavy atom. The third kappa shape index (κ3) is 2.28. The molecule has 1 heterocycles. The maximum Gasteiger partial charge on any atom is 0.335 e. The second-order valence-corrected chi connectivity index (χ2v) is 3.98. The number of carbonyl (C=O) groups excluding carboxylic acids is 1. The summed E-state index contributed by atoms with van der Waals surface area (Å²) in [4.78, 5) is 11.1. The molecule has 1 N–H and O–H groups in total. The van der Waals surface area contributed by atoms with Crippen LogP contribution in [0.4, 0.5) is 0 Å². The van der Waals surface area contributed by atoms with Crippen molar-refractivity contribution >= 4 is 17.6 Å². The van der Waals surface area contributed by atoms with Gasteiger partial charge in [0.1, 0.15) is 11.9 Å². The summed E-state index contributed by atoms with van der Waals surface area (Å²) in [6, 6.07) is 6.84. The molecule has 1 aliphatic rings. The fraction of sp³-hybridized carbons (Fsp3) is 0.250. The van der Waals surface area contributed by atoms with E-state index in [1.54, 1.807) is 24.3 Å². The number of esters is 1. The van der Waals surface area contributed by atoms with E-state index in [0.717, 1.165) is 0 Å². The molecule has 0 aliphatic carbocycles. The minimum Gasteiger partial charge on any atom is -0.497 e. The highest BCUT2D eigenvalue weighted by Crippen LogP contribution is 2.32. The minimum absolute atomic E-state index is 0.294. The standard InChI is InChI=1S/C12H11ClO4/c1-16-9-6-10(14)17-12(9)11(15)7-4-2-3-5-8(7)13/h2-6,11-12,15H,1H3/t11-,12?/m0/s1. The van der Waals surface area contributed by atoms with Crippen molar-refractivity contribution in [2.24, 2.45) is 0 Å². The predicted molar refractivity (Wildman–Crippen MR) is 61.4 cm³/mol. The smallest absolute Gasteiger partial charge is 0.335 e. The van der Waals surface area contributed by atoms with Crippen LogP contribution in [0.15, 0.2) is 36.1 Å². The first-order chi connectivity index (χ1) is 8.13. The van der Waals surface area contributed by atoms with Crippen molar-refractivity contribution in [3.05, 3.63) is 46.7 Å². The Hall–Kier alpha value is -1.52. The van der Waals surface area contributed by atoms with E-state index < -0.39 is 18.2 Å². The van der Waals surface area contributed by atoms with Crippen LogP contribution in [0.1, 0.15) is 11.7 Å². The summed E-state index contributed by atoms with van der Waals surface area (Å²) in [6.45, 7) is 0. The lowest BCUT2D eigenvalue weighted by molar-refractivity contribution is -0.144. The van der Waals surface area contributed by atoms with Crippen molar-refractivity contribution in [1.29, 1.82) is 0 Å². The van der Waals surface area contributed by atoms with Crippen molar-refractivity contribution in [3.8, 4) is 0 Å². The van der Waals surface area contributed by atoms with Gasteiger partial charge in [-0.05, 0) is 6.07 Å². The summed E-state index contributed by atoms with van der Waals surface area (Å²) in [5.41, 5.74) is 0.497. The lowest BCUT2D eigenvalue weighted by atomic mass is 10.0. The zero-order chi connectivity index (χ0) is 12.4. The summed E-state index contributed by atoms with van der Waals surface area (Å²) in [5, 5.41) is 10.6.